The molecule has 114 valence electrons. The topological polar surface area (TPSA) is 29.3 Å². The van der Waals surface area contributed by atoms with Gasteiger partial charge in [0.05, 0.1) is 5.56 Å². The van der Waals surface area contributed by atoms with Crippen LogP contribution in [0.2, 0.25) is 0 Å². The van der Waals surface area contributed by atoms with E-state index in [0.29, 0.717) is 13.1 Å². The van der Waals surface area contributed by atoms with Gasteiger partial charge in [0.25, 0.3) is 0 Å². The third kappa shape index (κ3) is 4.62. The van der Waals surface area contributed by atoms with Crippen molar-refractivity contribution in [1.29, 1.82) is 0 Å². The molecule has 0 heterocycles. The molecule has 2 nitrogen and oxygen atoms in total. The minimum Gasteiger partial charge on any atom is -0.399 e. The molecule has 0 spiro atoms. The number of nitrogens with zero attached hydrogens (tertiary/aromatic N) is 1. The summed E-state index contributed by atoms with van der Waals surface area (Å²) in [6.45, 7) is 5.35. The van der Waals surface area contributed by atoms with Gasteiger partial charge in [-0.15, -0.1) is 0 Å². The molecule has 0 saturated carbocycles. The highest BCUT2D eigenvalue weighted by atomic mass is 19.4. The summed E-state index contributed by atoms with van der Waals surface area (Å²) in [4.78, 5) is 1.83. The zero-order chi connectivity index (χ0) is 15.2. The molecular weight excluding hydrogens is 265 g/mol. The van der Waals surface area contributed by atoms with Gasteiger partial charge in [-0.05, 0) is 31.0 Å². The molecule has 1 aromatic rings. The number of benzene rings is 1. The second-order valence-electron chi connectivity index (χ2n) is 4.97. The van der Waals surface area contributed by atoms with E-state index in [4.69, 9.17) is 5.73 Å². The van der Waals surface area contributed by atoms with Crippen LogP contribution in [0.5, 0.6) is 0 Å². The fraction of sp³-hybridized carbons (Fsp3) is 0.600. The molecule has 0 atom stereocenters. The van der Waals surface area contributed by atoms with Crippen molar-refractivity contribution in [2.45, 2.75) is 45.7 Å². The maximum absolute atomic E-state index is 13.2. The number of nitrogens with two attached hydrogens (primary N) is 1. The third-order valence-electron chi connectivity index (χ3n) is 3.23. The lowest BCUT2D eigenvalue weighted by Crippen LogP contribution is -2.28. The molecule has 2 N–H and O–H groups in total. The summed E-state index contributed by atoms with van der Waals surface area (Å²) in [5, 5.41) is 0. The lowest BCUT2D eigenvalue weighted by Gasteiger charge is -2.28. The first kappa shape index (κ1) is 16.7. The summed E-state index contributed by atoms with van der Waals surface area (Å²) in [5.41, 5.74) is 5.26. The van der Waals surface area contributed by atoms with Crippen molar-refractivity contribution in [2.75, 3.05) is 23.7 Å². The Labute approximate surface area is 118 Å². The van der Waals surface area contributed by atoms with Crippen molar-refractivity contribution < 1.29 is 13.2 Å². The van der Waals surface area contributed by atoms with E-state index in [1.807, 2.05) is 18.7 Å². The molecule has 0 fully saturated rings. The SMILES string of the molecule is CCCCN(CCCC)c1ccc(N)cc1C(F)(F)F. The standard InChI is InChI=1S/C15H23F3N2/c1-3-5-9-20(10-6-4-2)14-8-7-12(19)11-13(14)15(16,17)18/h7-8,11H,3-6,9-10,19H2,1-2H3. The zero-order valence-electron chi connectivity index (χ0n) is 12.1. The third-order valence-corrected chi connectivity index (χ3v) is 3.23. The molecule has 0 aliphatic rings. The number of halogens is 3. The highest BCUT2D eigenvalue weighted by Crippen LogP contribution is 2.38. The lowest BCUT2D eigenvalue weighted by molar-refractivity contribution is -0.137. The Balaban J connectivity index is 3.10. The molecule has 20 heavy (non-hydrogen) atoms. The zero-order valence-corrected chi connectivity index (χ0v) is 12.1. The Morgan fingerprint density at radius 1 is 1.05 bits per heavy atom. The number of nitrogen functional groups attached to an aromatic ring is 1. The minimum absolute atomic E-state index is 0.145. The number of anilines is 2. The van der Waals surface area contributed by atoms with Gasteiger partial charge in [-0.2, -0.15) is 13.2 Å². The van der Waals surface area contributed by atoms with Crippen molar-refractivity contribution in [2.24, 2.45) is 0 Å². The van der Waals surface area contributed by atoms with Gasteiger partial charge in [-0.1, -0.05) is 26.7 Å². The van der Waals surface area contributed by atoms with Gasteiger partial charge in [0, 0.05) is 24.5 Å². The van der Waals surface area contributed by atoms with Crippen molar-refractivity contribution >= 4 is 11.4 Å². The molecule has 0 aliphatic carbocycles. The predicted molar refractivity (Wildman–Crippen MR) is 77.9 cm³/mol. The van der Waals surface area contributed by atoms with E-state index in [1.54, 1.807) is 0 Å². The Hall–Kier alpha value is -1.39. The summed E-state index contributed by atoms with van der Waals surface area (Å²) in [6.07, 6.45) is -0.698. The monoisotopic (exact) mass is 288 g/mol. The first-order valence-electron chi connectivity index (χ1n) is 7.11. The van der Waals surface area contributed by atoms with Crippen LogP contribution in [0.4, 0.5) is 24.5 Å². The van der Waals surface area contributed by atoms with E-state index >= 15 is 0 Å². The highest BCUT2D eigenvalue weighted by molar-refractivity contribution is 5.60. The average molecular weight is 288 g/mol. The van der Waals surface area contributed by atoms with Gasteiger partial charge in [-0.25, -0.2) is 0 Å². The molecule has 1 rings (SSSR count). The van der Waals surface area contributed by atoms with Crippen LogP contribution < -0.4 is 10.6 Å². The van der Waals surface area contributed by atoms with Crippen molar-refractivity contribution in [3.05, 3.63) is 23.8 Å². The first-order chi connectivity index (χ1) is 9.40. The van der Waals surface area contributed by atoms with E-state index in [9.17, 15) is 13.2 Å². The number of hydrogen-bond acceptors (Lipinski definition) is 2. The average Bonchev–Trinajstić information content (AvgIpc) is 2.38. The molecule has 0 aliphatic heterocycles. The quantitative estimate of drug-likeness (QED) is 0.737. The molecular formula is C15H23F3N2. The van der Waals surface area contributed by atoms with Crippen LogP contribution >= 0.6 is 0 Å². The number of hydrogen-bond donors (Lipinski definition) is 1. The van der Waals surface area contributed by atoms with Gasteiger partial charge in [-0.3, -0.25) is 0 Å². The van der Waals surface area contributed by atoms with Gasteiger partial charge >= 0.3 is 6.18 Å². The first-order valence-corrected chi connectivity index (χ1v) is 7.11. The molecule has 0 radical (unpaired) electrons. The smallest absolute Gasteiger partial charge is 0.399 e. The second kappa shape index (κ2) is 7.41. The van der Waals surface area contributed by atoms with Crippen LogP contribution in [-0.4, -0.2) is 13.1 Å². The Morgan fingerprint density at radius 3 is 2.05 bits per heavy atom. The fourth-order valence-electron chi connectivity index (χ4n) is 2.11. The summed E-state index contributed by atoms with van der Waals surface area (Å²) >= 11 is 0. The van der Waals surface area contributed by atoms with E-state index in [-0.39, 0.29) is 11.4 Å². The van der Waals surface area contributed by atoms with Crippen LogP contribution in [0, 0.1) is 0 Å². The summed E-state index contributed by atoms with van der Waals surface area (Å²) in [6, 6.07) is 4.05. The number of rotatable bonds is 7. The molecule has 0 saturated heterocycles. The maximum atomic E-state index is 13.2. The molecule has 0 bridgehead atoms. The predicted octanol–water partition coefficient (Wildman–Crippen LogP) is 4.69. The van der Waals surface area contributed by atoms with Crippen molar-refractivity contribution in [3.8, 4) is 0 Å². The highest BCUT2D eigenvalue weighted by Gasteiger charge is 2.35. The number of unbranched alkanes of at least 4 members (excludes halogenated alkanes) is 2. The van der Waals surface area contributed by atoms with Crippen LogP contribution in [0.3, 0.4) is 0 Å². The summed E-state index contributed by atoms with van der Waals surface area (Å²) < 4.78 is 39.5. The normalized spacial score (nSPS) is 11.7. The maximum Gasteiger partial charge on any atom is 0.418 e. The van der Waals surface area contributed by atoms with Crippen molar-refractivity contribution in [3.63, 3.8) is 0 Å². The van der Waals surface area contributed by atoms with E-state index in [2.05, 4.69) is 0 Å². The van der Waals surface area contributed by atoms with E-state index in [0.717, 1.165) is 31.7 Å². The fourth-order valence-corrected chi connectivity index (χ4v) is 2.11. The van der Waals surface area contributed by atoms with Gasteiger partial charge in [0.1, 0.15) is 0 Å². The van der Waals surface area contributed by atoms with Gasteiger partial charge in [0.2, 0.25) is 0 Å². The largest absolute Gasteiger partial charge is 0.418 e. The van der Waals surface area contributed by atoms with Gasteiger partial charge < -0.3 is 10.6 Å². The minimum atomic E-state index is -4.37. The molecule has 0 amide bonds. The number of alkyl halides is 3. The summed E-state index contributed by atoms with van der Waals surface area (Å²) in [7, 11) is 0. The lowest BCUT2D eigenvalue weighted by atomic mass is 10.1. The van der Waals surface area contributed by atoms with Crippen LogP contribution in [0.25, 0.3) is 0 Å². The van der Waals surface area contributed by atoms with Crippen molar-refractivity contribution in [1.82, 2.24) is 0 Å². The van der Waals surface area contributed by atoms with E-state index in [1.165, 1.54) is 12.1 Å². The van der Waals surface area contributed by atoms with E-state index < -0.39 is 11.7 Å². The molecule has 0 aromatic heterocycles. The Morgan fingerprint density at radius 2 is 1.60 bits per heavy atom. The Bertz CT molecular complexity index is 408. The molecule has 0 unspecified atom stereocenters. The molecule has 5 heteroatoms. The van der Waals surface area contributed by atoms with Crippen LogP contribution in [0.15, 0.2) is 18.2 Å². The molecule has 1 aromatic carbocycles. The van der Waals surface area contributed by atoms with Gasteiger partial charge in [0.15, 0.2) is 0 Å². The van der Waals surface area contributed by atoms with Crippen LogP contribution in [-0.2, 0) is 6.18 Å². The van der Waals surface area contributed by atoms with Crippen LogP contribution in [0.1, 0.15) is 45.1 Å². The second-order valence-corrected chi connectivity index (χ2v) is 4.97. The summed E-state index contributed by atoms with van der Waals surface area (Å²) in [5.74, 6) is 0. The Kier molecular flexibility index (Phi) is 6.17.